The molecule has 120 valence electrons. The van der Waals surface area contributed by atoms with Crippen LogP contribution in [0.3, 0.4) is 0 Å². The average molecular weight is 313 g/mol. The van der Waals surface area contributed by atoms with Crippen molar-refractivity contribution >= 4 is 5.91 Å². The Labute approximate surface area is 134 Å². The molecule has 1 saturated heterocycles. The summed E-state index contributed by atoms with van der Waals surface area (Å²) in [6.07, 6.45) is -2.76. The predicted octanol–water partition coefficient (Wildman–Crippen LogP) is 1.03. The highest BCUT2D eigenvalue weighted by molar-refractivity contribution is 5.86. The lowest BCUT2D eigenvalue weighted by atomic mass is 9.81. The van der Waals surface area contributed by atoms with E-state index >= 15 is 0 Å². The maximum Gasteiger partial charge on any atom is 0.254 e. The van der Waals surface area contributed by atoms with Crippen LogP contribution in [0.5, 0.6) is 0 Å². The van der Waals surface area contributed by atoms with Gasteiger partial charge in [0.25, 0.3) is 5.91 Å². The maximum atomic E-state index is 12.2. The van der Waals surface area contributed by atoms with E-state index < -0.39 is 29.8 Å². The van der Waals surface area contributed by atoms with Gasteiger partial charge in [0.05, 0.1) is 5.92 Å². The summed E-state index contributed by atoms with van der Waals surface area (Å²) in [6.45, 7) is 0. The Hall–Kier alpha value is -2.21. The molecule has 0 unspecified atom stereocenters. The molecule has 1 aliphatic rings. The SMILES string of the molecule is CN1C(=O)[C@@H](O)[C@H](c2ccccc2)[C@]1(O)[C@H](O)c1ccccc1. The number of hydrogen-bond donors (Lipinski definition) is 3. The molecule has 3 N–H and O–H groups in total. The topological polar surface area (TPSA) is 81.0 Å². The first-order chi connectivity index (χ1) is 11.0. The summed E-state index contributed by atoms with van der Waals surface area (Å²) in [5.74, 6) is -1.56. The fourth-order valence-electron chi connectivity index (χ4n) is 3.28. The summed E-state index contributed by atoms with van der Waals surface area (Å²) in [4.78, 5) is 13.3. The second-order valence-electron chi connectivity index (χ2n) is 5.83. The highest BCUT2D eigenvalue weighted by Gasteiger charge is 2.60. The Morgan fingerprint density at radius 1 is 1.04 bits per heavy atom. The molecular weight excluding hydrogens is 294 g/mol. The molecule has 5 heteroatoms. The van der Waals surface area contributed by atoms with Crippen molar-refractivity contribution in [3.05, 3.63) is 71.8 Å². The fraction of sp³-hybridized carbons (Fsp3) is 0.278. The number of amides is 1. The van der Waals surface area contributed by atoms with Crippen LogP contribution >= 0.6 is 0 Å². The van der Waals surface area contributed by atoms with Crippen molar-refractivity contribution in [2.75, 3.05) is 7.05 Å². The number of aliphatic hydroxyl groups excluding tert-OH is 2. The van der Waals surface area contributed by atoms with E-state index in [2.05, 4.69) is 0 Å². The Bertz CT molecular complexity index is 691. The van der Waals surface area contributed by atoms with Crippen LogP contribution in [-0.4, -0.2) is 45.0 Å². The first kappa shape index (κ1) is 15.7. The van der Waals surface area contributed by atoms with E-state index in [0.29, 0.717) is 11.1 Å². The van der Waals surface area contributed by atoms with E-state index in [1.165, 1.54) is 7.05 Å². The largest absolute Gasteiger partial charge is 0.383 e. The number of rotatable bonds is 3. The lowest BCUT2D eigenvalue weighted by Crippen LogP contribution is -2.51. The smallest absolute Gasteiger partial charge is 0.254 e. The molecule has 23 heavy (non-hydrogen) atoms. The highest BCUT2D eigenvalue weighted by atomic mass is 16.4. The minimum absolute atomic E-state index is 0.477. The molecule has 0 aromatic heterocycles. The maximum absolute atomic E-state index is 12.2. The monoisotopic (exact) mass is 313 g/mol. The third kappa shape index (κ3) is 2.34. The van der Waals surface area contributed by atoms with Crippen molar-refractivity contribution in [1.82, 2.24) is 4.90 Å². The van der Waals surface area contributed by atoms with Gasteiger partial charge in [-0.2, -0.15) is 0 Å². The molecule has 1 aliphatic heterocycles. The van der Waals surface area contributed by atoms with Gasteiger partial charge in [-0.15, -0.1) is 0 Å². The Kier molecular flexibility index (Phi) is 3.93. The van der Waals surface area contributed by atoms with Crippen LogP contribution < -0.4 is 0 Å². The van der Waals surface area contributed by atoms with Gasteiger partial charge in [-0.25, -0.2) is 0 Å². The standard InChI is InChI=1S/C18H19NO4/c1-19-17(22)15(20)14(12-8-4-2-5-9-12)18(19,23)16(21)13-10-6-3-7-11-13/h2-11,14-16,20-21,23H,1H3/t14-,15-,16+,18-/m0/s1. The van der Waals surface area contributed by atoms with Crippen LogP contribution in [0.25, 0.3) is 0 Å². The lowest BCUT2D eigenvalue weighted by molar-refractivity contribution is -0.174. The quantitative estimate of drug-likeness (QED) is 0.790. The van der Waals surface area contributed by atoms with Crippen LogP contribution in [-0.2, 0) is 4.79 Å². The number of likely N-dealkylation sites (tertiary alicyclic amines) is 1. The molecule has 4 atom stereocenters. The number of carbonyl (C=O) groups excluding carboxylic acids is 1. The second-order valence-corrected chi connectivity index (χ2v) is 5.83. The number of nitrogens with zero attached hydrogens (tertiary/aromatic N) is 1. The molecule has 3 rings (SSSR count). The first-order valence-corrected chi connectivity index (χ1v) is 7.44. The van der Waals surface area contributed by atoms with Gasteiger partial charge in [0.15, 0.2) is 5.72 Å². The molecule has 0 saturated carbocycles. The molecule has 5 nitrogen and oxygen atoms in total. The van der Waals surface area contributed by atoms with Crippen molar-refractivity contribution in [3.8, 4) is 0 Å². The minimum Gasteiger partial charge on any atom is -0.383 e. The van der Waals surface area contributed by atoms with Crippen molar-refractivity contribution in [3.63, 3.8) is 0 Å². The second kappa shape index (κ2) is 5.77. The fourth-order valence-corrected chi connectivity index (χ4v) is 3.28. The molecule has 0 aliphatic carbocycles. The van der Waals surface area contributed by atoms with Gasteiger partial charge in [-0.3, -0.25) is 4.79 Å². The average Bonchev–Trinajstić information content (AvgIpc) is 2.77. The normalized spacial score (nSPS) is 28.9. The van der Waals surface area contributed by atoms with Crippen molar-refractivity contribution in [2.24, 2.45) is 0 Å². The van der Waals surface area contributed by atoms with Gasteiger partial charge in [-0.1, -0.05) is 60.7 Å². The van der Waals surface area contributed by atoms with Gasteiger partial charge in [-0.05, 0) is 11.1 Å². The van der Waals surface area contributed by atoms with Crippen LogP contribution in [0.1, 0.15) is 23.1 Å². The zero-order chi connectivity index (χ0) is 16.6. The summed E-state index contributed by atoms with van der Waals surface area (Å²) >= 11 is 0. The predicted molar refractivity (Wildman–Crippen MR) is 84.3 cm³/mol. The number of aliphatic hydroxyl groups is 3. The molecule has 1 fully saturated rings. The first-order valence-electron chi connectivity index (χ1n) is 7.44. The molecule has 2 aromatic rings. The van der Waals surface area contributed by atoms with Gasteiger partial charge < -0.3 is 20.2 Å². The number of carbonyl (C=O) groups is 1. The van der Waals surface area contributed by atoms with Crippen LogP contribution in [0.4, 0.5) is 0 Å². The molecule has 0 radical (unpaired) electrons. The van der Waals surface area contributed by atoms with Crippen molar-refractivity contribution in [1.29, 1.82) is 0 Å². The van der Waals surface area contributed by atoms with Crippen molar-refractivity contribution in [2.45, 2.75) is 23.9 Å². The van der Waals surface area contributed by atoms with Gasteiger partial charge in [0, 0.05) is 7.05 Å². The lowest BCUT2D eigenvalue weighted by Gasteiger charge is -2.39. The summed E-state index contributed by atoms with van der Waals surface area (Å²) in [6, 6.07) is 17.4. The van der Waals surface area contributed by atoms with E-state index in [0.717, 1.165) is 4.90 Å². The Morgan fingerprint density at radius 3 is 2.13 bits per heavy atom. The molecule has 1 amide bonds. The van der Waals surface area contributed by atoms with Crippen LogP contribution in [0, 0.1) is 0 Å². The van der Waals surface area contributed by atoms with Crippen LogP contribution in [0.2, 0.25) is 0 Å². The summed E-state index contributed by atoms with van der Waals surface area (Å²) < 4.78 is 0. The van der Waals surface area contributed by atoms with Gasteiger partial charge >= 0.3 is 0 Å². The summed E-state index contributed by atoms with van der Waals surface area (Å²) in [5, 5.41) is 32.3. The van der Waals surface area contributed by atoms with E-state index in [-0.39, 0.29) is 0 Å². The third-order valence-electron chi connectivity index (χ3n) is 4.57. The molecular formula is C18H19NO4. The number of hydrogen-bond acceptors (Lipinski definition) is 4. The molecule has 2 aromatic carbocycles. The molecule has 1 heterocycles. The number of likely N-dealkylation sites (N-methyl/N-ethyl adjacent to an activating group) is 1. The molecule has 0 bridgehead atoms. The summed E-state index contributed by atoms with van der Waals surface area (Å²) in [7, 11) is 1.39. The van der Waals surface area contributed by atoms with Gasteiger partial charge in [0.1, 0.15) is 12.2 Å². The van der Waals surface area contributed by atoms with Gasteiger partial charge in [0.2, 0.25) is 0 Å². The minimum atomic E-state index is -1.93. The van der Waals surface area contributed by atoms with E-state index in [1.54, 1.807) is 54.6 Å². The van der Waals surface area contributed by atoms with E-state index in [1.807, 2.05) is 6.07 Å². The van der Waals surface area contributed by atoms with Crippen LogP contribution in [0.15, 0.2) is 60.7 Å². The molecule has 0 spiro atoms. The van der Waals surface area contributed by atoms with E-state index in [4.69, 9.17) is 0 Å². The van der Waals surface area contributed by atoms with E-state index in [9.17, 15) is 20.1 Å². The summed E-state index contributed by atoms with van der Waals surface area (Å²) in [5.41, 5.74) is -0.862. The Morgan fingerprint density at radius 2 is 1.57 bits per heavy atom. The number of benzene rings is 2. The Balaban J connectivity index is 2.11. The zero-order valence-electron chi connectivity index (χ0n) is 12.7. The highest BCUT2D eigenvalue weighted by Crippen LogP contribution is 2.47. The zero-order valence-corrected chi connectivity index (χ0v) is 12.7. The van der Waals surface area contributed by atoms with Crippen molar-refractivity contribution < 1.29 is 20.1 Å². The third-order valence-corrected chi connectivity index (χ3v) is 4.57.